The Labute approximate surface area is 237 Å². The maximum Gasteiger partial charge on any atom is 0.311 e. The van der Waals surface area contributed by atoms with Gasteiger partial charge < -0.3 is 19.6 Å². The Hall–Kier alpha value is -2.10. The number of ether oxygens (including phenoxy) is 1. The first kappa shape index (κ1) is 28.9. The van der Waals surface area contributed by atoms with Gasteiger partial charge in [0.15, 0.2) is 0 Å². The van der Waals surface area contributed by atoms with Crippen LogP contribution in [0.4, 0.5) is 0 Å². The fourth-order valence-corrected chi connectivity index (χ4v) is 9.93. The smallest absolute Gasteiger partial charge is 0.311 e. The number of unbranched alkanes of at least 4 members (excludes halogenated alkanes) is 1. The zero-order valence-corrected chi connectivity index (χ0v) is 24.2. The minimum Gasteiger partial charge on any atom is -0.461 e. The highest BCUT2D eigenvalue weighted by molar-refractivity contribution is 9.09. The average molecular weight is 606 g/mol. The number of hydrogen-bond acceptors (Lipinski definition) is 6. The van der Waals surface area contributed by atoms with Crippen molar-refractivity contribution in [3.63, 3.8) is 0 Å². The number of likely N-dealkylation sites (tertiary alicyclic amines) is 1. The number of fused-ring (bicyclic) bond motifs is 1. The third kappa shape index (κ3) is 5.09. The zero-order chi connectivity index (χ0) is 27.4. The molecule has 7 nitrogen and oxygen atoms in total. The lowest BCUT2D eigenvalue weighted by molar-refractivity contribution is -0.153. The van der Waals surface area contributed by atoms with Gasteiger partial charge in [0.2, 0.25) is 11.8 Å². The minimum absolute atomic E-state index is 0.0433. The predicted molar refractivity (Wildman–Crippen MR) is 153 cm³/mol. The highest BCUT2D eigenvalue weighted by Crippen LogP contribution is 2.68. The van der Waals surface area contributed by atoms with Crippen molar-refractivity contribution in [1.82, 2.24) is 9.80 Å². The number of amides is 2. The van der Waals surface area contributed by atoms with Gasteiger partial charge >= 0.3 is 5.97 Å². The summed E-state index contributed by atoms with van der Waals surface area (Å²) in [5.74, 6) is -2.20. The summed E-state index contributed by atoms with van der Waals surface area (Å²) in [7, 11) is 0. The van der Waals surface area contributed by atoms with Gasteiger partial charge in [-0.1, -0.05) is 78.3 Å². The van der Waals surface area contributed by atoms with Crippen LogP contribution >= 0.6 is 27.7 Å². The van der Waals surface area contributed by atoms with Crippen LogP contribution in [-0.4, -0.2) is 85.9 Å². The molecular formula is C29H37BrN2O5S. The first-order valence-electron chi connectivity index (χ1n) is 13.3. The molecule has 3 fully saturated rings. The van der Waals surface area contributed by atoms with E-state index in [1.807, 2.05) is 30.3 Å². The van der Waals surface area contributed by atoms with Crippen LogP contribution in [0.15, 0.2) is 55.6 Å². The number of thioether (sulfide) groups is 1. The summed E-state index contributed by atoms with van der Waals surface area (Å²) < 4.78 is 4.67. The van der Waals surface area contributed by atoms with Crippen LogP contribution in [-0.2, 0) is 25.5 Å². The maximum atomic E-state index is 14.4. The maximum absolute atomic E-state index is 14.4. The molecule has 0 saturated carbocycles. The molecule has 2 amide bonds. The predicted octanol–water partition coefficient (Wildman–Crippen LogP) is 3.60. The second kappa shape index (κ2) is 12.4. The highest BCUT2D eigenvalue weighted by Gasteiger charge is 2.76. The number of aliphatic hydroxyl groups is 1. The monoisotopic (exact) mass is 604 g/mol. The quantitative estimate of drug-likeness (QED) is 0.210. The van der Waals surface area contributed by atoms with E-state index in [1.54, 1.807) is 27.6 Å². The Morgan fingerprint density at radius 1 is 1.32 bits per heavy atom. The summed E-state index contributed by atoms with van der Waals surface area (Å²) in [4.78, 5) is 45.4. The zero-order valence-electron chi connectivity index (χ0n) is 21.8. The van der Waals surface area contributed by atoms with E-state index in [0.717, 1.165) is 18.4 Å². The second-order valence-electron chi connectivity index (χ2n) is 10.3. The van der Waals surface area contributed by atoms with Crippen LogP contribution in [0.3, 0.4) is 0 Å². The molecule has 3 aliphatic rings. The van der Waals surface area contributed by atoms with Gasteiger partial charge in [-0.2, -0.15) is 0 Å². The SMILES string of the molecule is C=CCOC(=O)[C@H]1[C@H]2C(=O)N([C@@H](CO)Cc3ccccc3)C(C(=O)N(CC=C)CCCC)C23CC(Br)[C@@H]1S3. The number of alkyl halides is 1. The van der Waals surface area contributed by atoms with Crippen molar-refractivity contribution in [2.75, 3.05) is 26.3 Å². The molecule has 1 aromatic rings. The normalized spacial score (nSPS) is 30.1. The van der Waals surface area contributed by atoms with E-state index in [-0.39, 0.29) is 35.1 Å². The molecule has 3 saturated heterocycles. The lowest BCUT2D eigenvalue weighted by Crippen LogP contribution is -2.58. The fraction of sp³-hybridized carbons (Fsp3) is 0.552. The van der Waals surface area contributed by atoms with Crippen LogP contribution < -0.4 is 0 Å². The molecule has 3 heterocycles. The van der Waals surface area contributed by atoms with Gasteiger partial charge in [0, 0.05) is 23.2 Å². The van der Waals surface area contributed by atoms with Crippen LogP contribution in [0.25, 0.3) is 0 Å². The van der Waals surface area contributed by atoms with E-state index < -0.39 is 34.6 Å². The lowest BCUT2D eigenvalue weighted by atomic mass is 9.71. The molecule has 1 N–H and O–H groups in total. The third-order valence-electron chi connectivity index (χ3n) is 7.94. The minimum atomic E-state index is -0.801. The standard InChI is InChI=1S/C29H37BrN2O5S/c1-4-7-14-31(13-5-2)27(35)25-29-17-21(30)24(38-29)22(28(36)37-15-6-3)23(29)26(34)32(25)20(18-33)16-19-11-9-8-10-12-19/h5-6,8-12,20-25,33H,2-4,7,13-18H2,1H3/t20-,21?,22+,23+,24+,25?,29?/m1/s1. The summed E-state index contributed by atoms with van der Waals surface area (Å²) in [6.07, 6.45) is 5.96. The Morgan fingerprint density at radius 2 is 2.05 bits per heavy atom. The number of carbonyl (C=O) groups is 3. The molecule has 3 aliphatic heterocycles. The molecule has 9 heteroatoms. The molecule has 2 bridgehead atoms. The summed E-state index contributed by atoms with van der Waals surface area (Å²) >= 11 is 5.34. The Kier molecular flexibility index (Phi) is 9.42. The molecule has 0 aromatic heterocycles. The van der Waals surface area contributed by atoms with Gasteiger partial charge in [0.25, 0.3) is 0 Å². The van der Waals surface area contributed by atoms with Crippen LogP contribution in [0.1, 0.15) is 31.7 Å². The van der Waals surface area contributed by atoms with Crippen molar-refractivity contribution in [3.8, 4) is 0 Å². The van der Waals surface area contributed by atoms with E-state index in [4.69, 9.17) is 4.74 Å². The third-order valence-corrected chi connectivity index (χ3v) is 11.2. The van der Waals surface area contributed by atoms with E-state index >= 15 is 0 Å². The molecule has 38 heavy (non-hydrogen) atoms. The van der Waals surface area contributed by atoms with Crippen LogP contribution in [0.2, 0.25) is 0 Å². The Bertz CT molecular complexity index is 1050. The Morgan fingerprint density at radius 3 is 2.68 bits per heavy atom. The van der Waals surface area contributed by atoms with Crippen molar-refractivity contribution >= 4 is 45.5 Å². The second-order valence-corrected chi connectivity index (χ2v) is 13.0. The summed E-state index contributed by atoms with van der Waals surface area (Å²) in [5.41, 5.74) is 0.964. The van der Waals surface area contributed by atoms with Crippen molar-refractivity contribution in [3.05, 3.63) is 61.2 Å². The summed E-state index contributed by atoms with van der Waals surface area (Å²) in [5, 5.41) is 10.4. The molecule has 1 aromatic carbocycles. The number of halogens is 1. The number of nitrogens with zero attached hydrogens (tertiary/aromatic N) is 2. The van der Waals surface area contributed by atoms with Gasteiger partial charge in [-0.15, -0.1) is 18.3 Å². The van der Waals surface area contributed by atoms with Crippen LogP contribution in [0, 0.1) is 11.8 Å². The highest BCUT2D eigenvalue weighted by atomic mass is 79.9. The van der Waals surface area contributed by atoms with Gasteiger partial charge in [-0.25, -0.2) is 0 Å². The molecule has 206 valence electrons. The fourth-order valence-electron chi connectivity index (χ4n) is 6.35. The van der Waals surface area contributed by atoms with E-state index in [9.17, 15) is 19.5 Å². The molecule has 7 atom stereocenters. The largest absolute Gasteiger partial charge is 0.461 e. The van der Waals surface area contributed by atoms with Crippen molar-refractivity contribution in [2.24, 2.45) is 11.8 Å². The average Bonchev–Trinajstić information content (AvgIpc) is 3.51. The summed E-state index contributed by atoms with van der Waals surface area (Å²) in [6.45, 7) is 10.3. The van der Waals surface area contributed by atoms with Crippen LogP contribution in [0.5, 0.6) is 0 Å². The molecule has 4 rings (SSSR count). The molecule has 0 radical (unpaired) electrons. The number of esters is 1. The number of benzene rings is 1. The topological polar surface area (TPSA) is 87.1 Å². The van der Waals surface area contributed by atoms with Gasteiger partial charge in [0.1, 0.15) is 12.6 Å². The Balaban J connectivity index is 1.78. The van der Waals surface area contributed by atoms with E-state index in [1.165, 1.54) is 6.08 Å². The van der Waals surface area contributed by atoms with Gasteiger partial charge in [-0.3, -0.25) is 14.4 Å². The summed E-state index contributed by atoms with van der Waals surface area (Å²) in [6, 6.07) is 8.25. The van der Waals surface area contributed by atoms with Crippen molar-refractivity contribution < 1.29 is 24.2 Å². The number of hydrogen-bond donors (Lipinski definition) is 1. The molecule has 1 spiro atoms. The van der Waals surface area contributed by atoms with Crippen molar-refractivity contribution in [2.45, 2.75) is 59.5 Å². The lowest BCUT2D eigenvalue weighted by Gasteiger charge is -2.40. The first-order chi connectivity index (χ1) is 18.3. The van der Waals surface area contributed by atoms with E-state index in [2.05, 4.69) is 36.0 Å². The molecular weight excluding hydrogens is 568 g/mol. The first-order valence-corrected chi connectivity index (χ1v) is 15.1. The van der Waals surface area contributed by atoms with Crippen molar-refractivity contribution in [1.29, 1.82) is 0 Å². The van der Waals surface area contributed by atoms with Gasteiger partial charge in [0.05, 0.1) is 29.2 Å². The van der Waals surface area contributed by atoms with E-state index in [0.29, 0.717) is 25.9 Å². The number of aliphatic hydroxyl groups excluding tert-OH is 1. The number of carbonyl (C=O) groups excluding carboxylic acids is 3. The van der Waals surface area contributed by atoms with Gasteiger partial charge in [-0.05, 0) is 24.8 Å². The molecule has 0 aliphatic carbocycles. The molecule has 3 unspecified atom stereocenters. The number of rotatable bonds is 13.